The lowest BCUT2D eigenvalue weighted by Gasteiger charge is -2.35. The highest BCUT2D eigenvalue weighted by atomic mass is 16.3. The van der Waals surface area contributed by atoms with E-state index in [1.165, 1.54) is 5.69 Å². The molecule has 1 N–H and O–H groups in total. The summed E-state index contributed by atoms with van der Waals surface area (Å²) in [5.41, 5.74) is 2.32. The van der Waals surface area contributed by atoms with Gasteiger partial charge in [0, 0.05) is 24.7 Å². The molecule has 3 nitrogen and oxygen atoms in total. The molecule has 1 saturated heterocycles. The van der Waals surface area contributed by atoms with Gasteiger partial charge in [-0.1, -0.05) is 6.92 Å². The summed E-state index contributed by atoms with van der Waals surface area (Å²) in [7, 11) is 0. The van der Waals surface area contributed by atoms with E-state index in [2.05, 4.69) is 28.9 Å². The van der Waals surface area contributed by atoms with Crippen LogP contribution in [0.3, 0.4) is 0 Å². The van der Waals surface area contributed by atoms with Crippen molar-refractivity contribution in [3.05, 3.63) is 24.0 Å². The van der Waals surface area contributed by atoms with Crippen LogP contribution in [0.15, 0.2) is 18.3 Å². The fraction of sp³-hybridized carbons (Fsp3) is 0.643. The number of hydrogen-bond donors (Lipinski definition) is 1. The van der Waals surface area contributed by atoms with Crippen molar-refractivity contribution >= 4 is 5.69 Å². The highest BCUT2D eigenvalue weighted by Gasteiger charge is 2.23. The highest BCUT2D eigenvalue weighted by molar-refractivity contribution is 5.45. The van der Waals surface area contributed by atoms with Gasteiger partial charge in [0.2, 0.25) is 0 Å². The first-order chi connectivity index (χ1) is 8.20. The van der Waals surface area contributed by atoms with Gasteiger partial charge < -0.3 is 10.0 Å². The van der Waals surface area contributed by atoms with Crippen LogP contribution in [0.2, 0.25) is 0 Å². The number of rotatable bonds is 3. The van der Waals surface area contributed by atoms with Gasteiger partial charge in [0.05, 0.1) is 18.0 Å². The lowest BCUT2D eigenvalue weighted by Crippen LogP contribution is -2.39. The van der Waals surface area contributed by atoms with Gasteiger partial charge in [0.25, 0.3) is 0 Å². The van der Waals surface area contributed by atoms with Crippen LogP contribution in [-0.4, -0.2) is 29.3 Å². The number of hydrogen-bond acceptors (Lipinski definition) is 3. The van der Waals surface area contributed by atoms with Gasteiger partial charge in [-0.3, -0.25) is 4.98 Å². The number of aromatic nitrogens is 1. The van der Waals surface area contributed by atoms with E-state index in [-0.39, 0.29) is 6.10 Å². The lowest BCUT2D eigenvalue weighted by atomic mass is 9.93. The molecular weight excluding hydrogens is 212 g/mol. The molecule has 1 aliphatic rings. The molecule has 1 aliphatic heterocycles. The van der Waals surface area contributed by atoms with Crippen LogP contribution in [0.4, 0.5) is 5.69 Å². The summed E-state index contributed by atoms with van der Waals surface area (Å²) in [5.74, 6) is 0.398. The number of anilines is 1. The van der Waals surface area contributed by atoms with Crippen molar-refractivity contribution in [3.8, 4) is 0 Å². The smallest absolute Gasteiger partial charge is 0.0557 e. The monoisotopic (exact) mass is 234 g/mol. The Kier molecular flexibility index (Phi) is 4.00. The molecule has 1 aromatic heterocycles. The number of pyridine rings is 1. The SMILES string of the molecule is CCc1ccc(N2CCC[C@@H]([C@H](C)O)C2)cn1. The van der Waals surface area contributed by atoms with E-state index in [4.69, 9.17) is 0 Å². The number of aliphatic hydroxyl groups excluding tert-OH is 1. The average molecular weight is 234 g/mol. The standard InChI is InChI=1S/C14H22N2O/c1-3-13-6-7-14(9-15-13)16-8-4-5-12(10-16)11(2)17/h6-7,9,11-12,17H,3-5,8,10H2,1-2H3/t11-,12+/m0/s1. The van der Waals surface area contributed by atoms with Gasteiger partial charge >= 0.3 is 0 Å². The first-order valence-corrected chi connectivity index (χ1v) is 6.58. The Labute approximate surface area is 103 Å². The maximum atomic E-state index is 9.68. The molecule has 1 aromatic rings. The summed E-state index contributed by atoms with van der Waals surface area (Å²) in [4.78, 5) is 6.78. The maximum Gasteiger partial charge on any atom is 0.0557 e. The van der Waals surface area contributed by atoms with Crippen molar-refractivity contribution in [2.75, 3.05) is 18.0 Å². The molecule has 0 saturated carbocycles. The quantitative estimate of drug-likeness (QED) is 0.871. The van der Waals surface area contributed by atoms with Crippen molar-refractivity contribution in [2.45, 2.75) is 39.2 Å². The third-order valence-electron chi connectivity index (χ3n) is 3.68. The van der Waals surface area contributed by atoms with Crippen LogP contribution in [0.5, 0.6) is 0 Å². The second-order valence-corrected chi connectivity index (χ2v) is 4.95. The molecule has 0 unspecified atom stereocenters. The Balaban J connectivity index is 2.05. The third kappa shape index (κ3) is 2.97. The normalized spacial score (nSPS) is 22.5. The van der Waals surface area contributed by atoms with Gasteiger partial charge in [-0.2, -0.15) is 0 Å². The van der Waals surface area contributed by atoms with E-state index in [0.29, 0.717) is 5.92 Å². The number of piperidine rings is 1. The van der Waals surface area contributed by atoms with Crippen LogP contribution in [0.1, 0.15) is 32.4 Å². The summed E-state index contributed by atoms with van der Waals surface area (Å²) in [5, 5.41) is 9.68. The van der Waals surface area contributed by atoms with E-state index >= 15 is 0 Å². The number of nitrogens with zero attached hydrogens (tertiary/aromatic N) is 2. The minimum Gasteiger partial charge on any atom is -0.393 e. The Morgan fingerprint density at radius 3 is 2.94 bits per heavy atom. The van der Waals surface area contributed by atoms with Crippen LogP contribution in [0, 0.1) is 5.92 Å². The van der Waals surface area contributed by atoms with Crippen LogP contribution >= 0.6 is 0 Å². The molecule has 2 atom stereocenters. The van der Waals surface area contributed by atoms with E-state index in [1.807, 2.05) is 13.1 Å². The van der Waals surface area contributed by atoms with E-state index in [9.17, 15) is 5.11 Å². The Morgan fingerprint density at radius 1 is 1.53 bits per heavy atom. The van der Waals surface area contributed by atoms with Crippen LogP contribution in [-0.2, 0) is 6.42 Å². The van der Waals surface area contributed by atoms with Gasteiger partial charge in [-0.25, -0.2) is 0 Å². The topological polar surface area (TPSA) is 36.4 Å². The summed E-state index contributed by atoms with van der Waals surface area (Å²) < 4.78 is 0. The van der Waals surface area contributed by atoms with Gasteiger partial charge in [0.1, 0.15) is 0 Å². The average Bonchev–Trinajstić information content (AvgIpc) is 2.39. The Morgan fingerprint density at radius 2 is 2.35 bits per heavy atom. The van der Waals surface area contributed by atoms with E-state index in [1.54, 1.807) is 0 Å². The van der Waals surface area contributed by atoms with Crippen molar-refractivity contribution in [1.82, 2.24) is 4.98 Å². The molecule has 2 rings (SSSR count). The van der Waals surface area contributed by atoms with Gasteiger partial charge in [-0.05, 0) is 38.3 Å². The third-order valence-corrected chi connectivity index (χ3v) is 3.68. The second kappa shape index (κ2) is 5.50. The van der Waals surface area contributed by atoms with E-state index in [0.717, 1.165) is 38.0 Å². The molecule has 0 bridgehead atoms. The molecule has 1 fully saturated rings. The highest BCUT2D eigenvalue weighted by Crippen LogP contribution is 2.24. The number of aliphatic hydroxyl groups is 1. The fourth-order valence-electron chi connectivity index (χ4n) is 2.45. The summed E-state index contributed by atoms with van der Waals surface area (Å²) in [6.07, 6.45) is 5.03. The molecule has 0 radical (unpaired) electrons. The zero-order chi connectivity index (χ0) is 12.3. The zero-order valence-corrected chi connectivity index (χ0v) is 10.8. The largest absolute Gasteiger partial charge is 0.393 e. The van der Waals surface area contributed by atoms with Crippen molar-refractivity contribution in [2.24, 2.45) is 5.92 Å². The van der Waals surface area contributed by atoms with E-state index < -0.39 is 0 Å². The van der Waals surface area contributed by atoms with Gasteiger partial charge in [-0.15, -0.1) is 0 Å². The Bertz CT molecular complexity index is 348. The molecular formula is C14H22N2O. The van der Waals surface area contributed by atoms with Crippen LogP contribution in [0.25, 0.3) is 0 Å². The fourth-order valence-corrected chi connectivity index (χ4v) is 2.45. The first-order valence-electron chi connectivity index (χ1n) is 6.58. The molecule has 0 amide bonds. The van der Waals surface area contributed by atoms with Crippen molar-refractivity contribution in [3.63, 3.8) is 0 Å². The van der Waals surface area contributed by atoms with Crippen molar-refractivity contribution in [1.29, 1.82) is 0 Å². The number of aryl methyl sites for hydroxylation is 1. The second-order valence-electron chi connectivity index (χ2n) is 4.95. The molecule has 2 heterocycles. The van der Waals surface area contributed by atoms with Crippen LogP contribution < -0.4 is 4.90 Å². The molecule has 3 heteroatoms. The zero-order valence-electron chi connectivity index (χ0n) is 10.8. The molecule has 17 heavy (non-hydrogen) atoms. The first kappa shape index (κ1) is 12.4. The lowest BCUT2D eigenvalue weighted by molar-refractivity contribution is 0.115. The summed E-state index contributed by atoms with van der Waals surface area (Å²) in [6.45, 7) is 6.04. The molecule has 0 spiro atoms. The van der Waals surface area contributed by atoms with Gasteiger partial charge in [0.15, 0.2) is 0 Å². The molecule has 94 valence electrons. The maximum absolute atomic E-state index is 9.68. The minimum absolute atomic E-state index is 0.208. The summed E-state index contributed by atoms with van der Waals surface area (Å²) >= 11 is 0. The predicted octanol–water partition coefficient (Wildman–Crippen LogP) is 2.24. The molecule has 0 aromatic carbocycles. The summed E-state index contributed by atoms with van der Waals surface area (Å²) in [6, 6.07) is 4.25. The van der Waals surface area contributed by atoms with Crippen molar-refractivity contribution < 1.29 is 5.11 Å². The molecule has 0 aliphatic carbocycles. The predicted molar refractivity (Wildman–Crippen MR) is 70.2 cm³/mol. The Hall–Kier alpha value is -1.09. The minimum atomic E-state index is -0.208.